The molecule has 19 heavy (non-hydrogen) atoms. The molecule has 0 saturated carbocycles. The monoisotopic (exact) mass is 285 g/mol. The zero-order valence-electron chi connectivity index (χ0n) is 11.2. The van der Waals surface area contributed by atoms with E-state index in [1.54, 1.807) is 32.2 Å². The fourth-order valence-electron chi connectivity index (χ4n) is 1.61. The SMILES string of the molecule is CCOC(=O)c1c(N)cccc1CS(=O)CCOC. The van der Waals surface area contributed by atoms with Crippen LogP contribution in [0.25, 0.3) is 0 Å². The van der Waals surface area contributed by atoms with Crippen LogP contribution in [0.3, 0.4) is 0 Å². The Morgan fingerprint density at radius 1 is 1.42 bits per heavy atom. The summed E-state index contributed by atoms with van der Waals surface area (Å²) >= 11 is 0. The van der Waals surface area contributed by atoms with Crippen LogP contribution in [-0.2, 0) is 26.0 Å². The van der Waals surface area contributed by atoms with Crippen molar-refractivity contribution in [2.45, 2.75) is 12.7 Å². The van der Waals surface area contributed by atoms with Crippen LogP contribution in [-0.4, -0.2) is 36.3 Å². The van der Waals surface area contributed by atoms with Gasteiger partial charge in [-0.15, -0.1) is 0 Å². The van der Waals surface area contributed by atoms with Gasteiger partial charge in [-0.05, 0) is 18.6 Å². The van der Waals surface area contributed by atoms with Gasteiger partial charge in [0.05, 0.1) is 18.8 Å². The average molecular weight is 285 g/mol. The van der Waals surface area contributed by atoms with E-state index in [4.69, 9.17) is 15.2 Å². The number of carbonyl (C=O) groups excluding carboxylic acids is 1. The zero-order valence-corrected chi connectivity index (χ0v) is 12.0. The molecule has 0 amide bonds. The molecule has 1 aromatic rings. The minimum atomic E-state index is -1.10. The predicted molar refractivity (Wildman–Crippen MR) is 75.4 cm³/mol. The minimum absolute atomic E-state index is 0.266. The maximum absolute atomic E-state index is 11.9. The highest BCUT2D eigenvalue weighted by Crippen LogP contribution is 2.20. The van der Waals surface area contributed by atoms with E-state index in [1.165, 1.54) is 0 Å². The Balaban J connectivity index is 2.91. The summed E-state index contributed by atoms with van der Waals surface area (Å²) < 4.78 is 21.7. The highest BCUT2D eigenvalue weighted by Gasteiger charge is 2.17. The van der Waals surface area contributed by atoms with Crippen molar-refractivity contribution in [3.63, 3.8) is 0 Å². The van der Waals surface area contributed by atoms with Crippen LogP contribution in [0.2, 0.25) is 0 Å². The Labute approximate surface area is 115 Å². The molecule has 0 saturated heterocycles. The van der Waals surface area contributed by atoms with Crippen LogP contribution in [0, 0.1) is 0 Å². The summed E-state index contributed by atoms with van der Waals surface area (Å²) in [7, 11) is 0.459. The lowest BCUT2D eigenvalue weighted by Crippen LogP contribution is -2.14. The number of carbonyl (C=O) groups is 1. The summed E-state index contributed by atoms with van der Waals surface area (Å²) in [6.07, 6.45) is 0. The Bertz CT molecular complexity index is 462. The molecule has 6 heteroatoms. The number of hydrogen-bond donors (Lipinski definition) is 1. The first-order valence-corrected chi connectivity index (χ1v) is 7.47. The third-order valence-corrected chi connectivity index (χ3v) is 3.75. The molecule has 1 rings (SSSR count). The van der Waals surface area contributed by atoms with E-state index in [9.17, 15) is 9.00 Å². The Morgan fingerprint density at radius 2 is 2.16 bits per heavy atom. The molecule has 5 nitrogen and oxygen atoms in total. The summed E-state index contributed by atoms with van der Waals surface area (Å²) in [5, 5.41) is 0. The molecule has 1 aromatic carbocycles. The molecule has 0 fully saturated rings. The molecule has 0 heterocycles. The molecule has 0 bridgehead atoms. The van der Waals surface area contributed by atoms with E-state index < -0.39 is 16.8 Å². The number of benzene rings is 1. The van der Waals surface area contributed by atoms with Gasteiger partial charge in [-0.2, -0.15) is 0 Å². The standard InChI is InChI=1S/C13H19NO4S/c1-3-18-13(15)12-10(5-4-6-11(12)14)9-19(16)8-7-17-2/h4-6H,3,7-9,14H2,1-2H3. The highest BCUT2D eigenvalue weighted by atomic mass is 32.2. The number of rotatable bonds is 7. The van der Waals surface area contributed by atoms with Gasteiger partial charge in [0.1, 0.15) is 0 Å². The maximum atomic E-state index is 11.9. The quantitative estimate of drug-likeness (QED) is 0.604. The molecule has 1 atom stereocenters. The molecule has 0 spiro atoms. The second-order valence-electron chi connectivity index (χ2n) is 3.88. The maximum Gasteiger partial charge on any atom is 0.340 e. The van der Waals surface area contributed by atoms with Crippen molar-refractivity contribution in [3.8, 4) is 0 Å². The summed E-state index contributed by atoms with van der Waals surface area (Å²) in [6, 6.07) is 5.11. The number of anilines is 1. The third kappa shape index (κ3) is 4.65. The lowest BCUT2D eigenvalue weighted by atomic mass is 10.1. The summed E-state index contributed by atoms with van der Waals surface area (Å²) in [5.74, 6) is 0.218. The van der Waals surface area contributed by atoms with Gasteiger partial charge in [-0.1, -0.05) is 12.1 Å². The first kappa shape index (κ1) is 15.7. The number of hydrogen-bond acceptors (Lipinski definition) is 5. The first-order valence-electron chi connectivity index (χ1n) is 5.98. The molecular formula is C13H19NO4S. The number of ether oxygens (including phenoxy) is 2. The second-order valence-corrected chi connectivity index (χ2v) is 5.46. The second kappa shape index (κ2) is 7.91. The molecular weight excluding hydrogens is 266 g/mol. The Hall–Kier alpha value is -1.40. The fourth-order valence-corrected chi connectivity index (χ4v) is 2.70. The van der Waals surface area contributed by atoms with Crippen LogP contribution in [0.15, 0.2) is 18.2 Å². The van der Waals surface area contributed by atoms with Crippen LogP contribution in [0.1, 0.15) is 22.8 Å². The van der Waals surface area contributed by atoms with Crippen LogP contribution in [0.4, 0.5) is 5.69 Å². The van der Waals surface area contributed by atoms with Gasteiger partial charge in [-0.25, -0.2) is 4.79 Å². The van der Waals surface area contributed by atoms with Gasteiger partial charge in [0.2, 0.25) is 0 Å². The van der Waals surface area contributed by atoms with E-state index in [0.29, 0.717) is 29.2 Å². The zero-order chi connectivity index (χ0) is 14.3. The van der Waals surface area contributed by atoms with Crippen molar-refractivity contribution < 1.29 is 18.5 Å². The van der Waals surface area contributed by atoms with Crippen molar-refractivity contribution in [2.24, 2.45) is 0 Å². The molecule has 0 aliphatic carbocycles. The predicted octanol–water partition coefficient (Wildman–Crippen LogP) is 1.34. The summed E-state index contributed by atoms with van der Waals surface area (Å²) in [5.41, 5.74) is 7.11. The van der Waals surface area contributed by atoms with E-state index >= 15 is 0 Å². The summed E-state index contributed by atoms with van der Waals surface area (Å²) in [4.78, 5) is 11.9. The van der Waals surface area contributed by atoms with Gasteiger partial charge in [0.15, 0.2) is 0 Å². The van der Waals surface area contributed by atoms with E-state index in [-0.39, 0.29) is 12.4 Å². The van der Waals surface area contributed by atoms with Gasteiger partial charge < -0.3 is 15.2 Å². The van der Waals surface area contributed by atoms with Crippen molar-refractivity contribution in [1.29, 1.82) is 0 Å². The van der Waals surface area contributed by atoms with Crippen molar-refractivity contribution in [1.82, 2.24) is 0 Å². The van der Waals surface area contributed by atoms with E-state index in [1.807, 2.05) is 0 Å². The third-order valence-electron chi connectivity index (χ3n) is 2.49. The van der Waals surface area contributed by atoms with E-state index in [0.717, 1.165) is 0 Å². The smallest absolute Gasteiger partial charge is 0.340 e. The van der Waals surface area contributed by atoms with Crippen molar-refractivity contribution >= 4 is 22.5 Å². The van der Waals surface area contributed by atoms with Crippen molar-refractivity contribution in [3.05, 3.63) is 29.3 Å². The number of nitrogen functional groups attached to an aromatic ring is 1. The molecule has 0 radical (unpaired) electrons. The molecule has 106 valence electrons. The summed E-state index contributed by atoms with van der Waals surface area (Å²) in [6.45, 7) is 2.43. The minimum Gasteiger partial charge on any atom is -0.462 e. The van der Waals surface area contributed by atoms with Crippen LogP contribution >= 0.6 is 0 Å². The van der Waals surface area contributed by atoms with Gasteiger partial charge in [0, 0.05) is 35.1 Å². The van der Waals surface area contributed by atoms with Crippen LogP contribution < -0.4 is 5.73 Å². The number of esters is 1. The molecule has 0 aliphatic heterocycles. The van der Waals surface area contributed by atoms with Crippen LogP contribution in [0.5, 0.6) is 0 Å². The topological polar surface area (TPSA) is 78.6 Å². The number of nitrogens with two attached hydrogens (primary N) is 1. The van der Waals surface area contributed by atoms with Crippen molar-refractivity contribution in [2.75, 3.05) is 31.8 Å². The fraction of sp³-hybridized carbons (Fsp3) is 0.462. The number of methoxy groups -OCH3 is 1. The lowest BCUT2D eigenvalue weighted by Gasteiger charge is -2.11. The normalized spacial score (nSPS) is 12.1. The average Bonchev–Trinajstić information content (AvgIpc) is 2.36. The lowest BCUT2D eigenvalue weighted by molar-refractivity contribution is 0.0526. The highest BCUT2D eigenvalue weighted by molar-refractivity contribution is 7.84. The largest absolute Gasteiger partial charge is 0.462 e. The molecule has 1 unspecified atom stereocenters. The van der Waals surface area contributed by atoms with Gasteiger partial charge in [-0.3, -0.25) is 4.21 Å². The van der Waals surface area contributed by atoms with Gasteiger partial charge in [0.25, 0.3) is 0 Å². The van der Waals surface area contributed by atoms with E-state index in [2.05, 4.69) is 0 Å². The first-order chi connectivity index (χ1) is 9.10. The van der Waals surface area contributed by atoms with Gasteiger partial charge >= 0.3 is 5.97 Å². The molecule has 0 aromatic heterocycles. The Morgan fingerprint density at radius 3 is 2.79 bits per heavy atom. The molecule has 0 aliphatic rings. The molecule has 2 N–H and O–H groups in total. The Kier molecular flexibility index (Phi) is 6.52.